The van der Waals surface area contributed by atoms with E-state index in [0.717, 1.165) is 11.8 Å². The highest BCUT2D eigenvalue weighted by Gasteiger charge is 2.23. The molecule has 2 atom stereocenters. The van der Waals surface area contributed by atoms with Crippen LogP contribution in [0, 0.1) is 22.3 Å². The van der Waals surface area contributed by atoms with E-state index < -0.39 is 0 Å². The largest absolute Gasteiger partial charge is 0.382 e. The van der Waals surface area contributed by atoms with E-state index in [2.05, 4.69) is 66.9 Å². The molecular weight excluding hydrogens is 333 g/mol. The predicted octanol–water partition coefficient (Wildman–Crippen LogP) is 5.23. The maximum absolute atomic E-state index is 3.73. The second kappa shape index (κ2) is 6.27. The molecule has 1 aromatic carbocycles. The molecule has 1 aromatic rings. The minimum absolute atomic E-state index is 0.671. The first-order valence-corrected chi connectivity index (χ1v) is 8.17. The third-order valence-electron chi connectivity index (χ3n) is 4.20. The van der Waals surface area contributed by atoms with Crippen molar-refractivity contribution >= 4 is 28.3 Å². The lowest BCUT2D eigenvalue weighted by Crippen LogP contribution is -2.29. The van der Waals surface area contributed by atoms with E-state index in [1.807, 2.05) is 0 Å². The number of aryl methyl sites for hydroxylation is 1. The third kappa shape index (κ3) is 3.62. The lowest BCUT2D eigenvalue weighted by Gasteiger charge is -2.32. The van der Waals surface area contributed by atoms with Crippen LogP contribution in [0.5, 0.6) is 0 Å². The molecule has 2 heteroatoms. The zero-order valence-corrected chi connectivity index (χ0v) is 13.8. The van der Waals surface area contributed by atoms with Gasteiger partial charge in [-0.3, -0.25) is 0 Å². The fourth-order valence-electron chi connectivity index (χ4n) is 2.88. The lowest BCUT2D eigenvalue weighted by molar-refractivity contribution is 0.264. The monoisotopic (exact) mass is 357 g/mol. The number of benzene rings is 1. The molecular formula is C16H24IN. The lowest BCUT2D eigenvalue weighted by atomic mass is 9.79. The molecule has 0 saturated heterocycles. The molecule has 100 valence electrons. The summed E-state index contributed by atoms with van der Waals surface area (Å²) in [6.45, 7) is 6.89. The highest BCUT2D eigenvalue weighted by Crippen LogP contribution is 2.31. The molecule has 0 radical (unpaired) electrons. The van der Waals surface area contributed by atoms with Crippen LogP contribution in [0.2, 0.25) is 0 Å². The Morgan fingerprint density at radius 1 is 1.28 bits per heavy atom. The summed E-state index contributed by atoms with van der Waals surface area (Å²) >= 11 is 2.42. The fourth-order valence-corrected chi connectivity index (χ4v) is 3.40. The molecule has 0 aromatic heterocycles. The van der Waals surface area contributed by atoms with Gasteiger partial charge in [0.2, 0.25) is 0 Å². The molecule has 1 saturated carbocycles. The summed E-state index contributed by atoms with van der Waals surface area (Å²) in [4.78, 5) is 0. The van der Waals surface area contributed by atoms with Gasteiger partial charge in [-0.15, -0.1) is 0 Å². The van der Waals surface area contributed by atoms with Crippen LogP contribution in [-0.4, -0.2) is 6.04 Å². The first-order chi connectivity index (χ1) is 8.56. The molecule has 1 fully saturated rings. The van der Waals surface area contributed by atoms with Gasteiger partial charge in [0.05, 0.1) is 0 Å². The Morgan fingerprint density at radius 2 is 2.06 bits per heavy atom. The van der Waals surface area contributed by atoms with Gasteiger partial charge in [-0.25, -0.2) is 0 Å². The molecule has 0 amide bonds. The van der Waals surface area contributed by atoms with Crippen molar-refractivity contribution in [3.05, 3.63) is 27.3 Å². The van der Waals surface area contributed by atoms with Crippen molar-refractivity contribution in [2.24, 2.45) is 11.8 Å². The van der Waals surface area contributed by atoms with Gasteiger partial charge < -0.3 is 5.32 Å². The number of halogens is 1. The van der Waals surface area contributed by atoms with Crippen molar-refractivity contribution in [3.8, 4) is 0 Å². The molecule has 2 rings (SSSR count). The summed E-state index contributed by atoms with van der Waals surface area (Å²) in [5.74, 6) is 1.73. The SMILES string of the molecule is Cc1ccc(NC2CCCC(C(C)C)C2)cc1I. The Hall–Kier alpha value is -0.250. The van der Waals surface area contributed by atoms with Gasteiger partial charge in [0.25, 0.3) is 0 Å². The van der Waals surface area contributed by atoms with Gasteiger partial charge in [0.15, 0.2) is 0 Å². The molecule has 18 heavy (non-hydrogen) atoms. The highest BCUT2D eigenvalue weighted by atomic mass is 127. The molecule has 1 aliphatic carbocycles. The summed E-state index contributed by atoms with van der Waals surface area (Å²) in [6, 6.07) is 7.38. The van der Waals surface area contributed by atoms with E-state index in [1.165, 1.54) is 40.5 Å². The zero-order valence-electron chi connectivity index (χ0n) is 11.7. The number of nitrogens with one attached hydrogen (secondary N) is 1. The van der Waals surface area contributed by atoms with E-state index in [-0.39, 0.29) is 0 Å². The van der Waals surface area contributed by atoms with Crippen molar-refractivity contribution in [2.45, 2.75) is 52.5 Å². The van der Waals surface area contributed by atoms with Crippen LogP contribution in [0.25, 0.3) is 0 Å². The summed E-state index contributed by atoms with van der Waals surface area (Å²) in [5.41, 5.74) is 2.66. The van der Waals surface area contributed by atoms with E-state index in [0.29, 0.717) is 6.04 Å². The Bertz CT molecular complexity index is 400. The zero-order chi connectivity index (χ0) is 13.1. The van der Waals surface area contributed by atoms with E-state index in [4.69, 9.17) is 0 Å². The second-order valence-electron chi connectivity index (χ2n) is 5.98. The van der Waals surface area contributed by atoms with Gasteiger partial charge in [0.1, 0.15) is 0 Å². The number of anilines is 1. The van der Waals surface area contributed by atoms with Crippen molar-refractivity contribution in [1.29, 1.82) is 0 Å². The summed E-state index contributed by atoms with van der Waals surface area (Å²) in [6.07, 6.45) is 5.46. The number of rotatable bonds is 3. The minimum atomic E-state index is 0.671. The Morgan fingerprint density at radius 3 is 2.72 bits per heavy atom. The molecule has 1 aliphatic rings. The van der Waals surface area contributed by atoms with Gasteiger partial charge >= 0.3 is 0 Å². The molecule has 1 N–H and O–H groups in total. The standard InChI is InChI=1S/C16H24IN/c1-11(2)13-5-4-6-14(9-13)18-15-8-7-12(3)16(17)10-15/h7-8,10-11,13-14,18H,4-6,9H2,1-3H3. The average Bonchev–Trinajstić information content (AvgIpc) is 2.34. The Kier molecular flexibility index (Phi) is 4.93. The second-order valence-corrected chi connectivity index (χ2v) is 7.14. The molecule has 0 heterocycles. The molecule has 2 unspecified atom stereocenters. The van der Waals surface area contributed by atoms with Crippen molar-refractivity contribution in [3.63, 3.8) is 0 Å². The van der Waals surface area contributed by atoms with Crippen LogP contribution in [0.1, 0.15) is 45.1 Å². The van der Waals surface area contributed by atoms with Gasteiger partial charge in [0, 0.05) is 15.3 Å². The highest BCUT2D eigenvalue weighted by molar-refractivity contribution is 14.1. The van der Waals surface area contributed by atoms with Crippen molar-refractivity contribution < 1.29 is 0 Å². The first-order valence-electron chi connectivity index (χ1n) is 7.09. The van der Waals surface area contributed by atoms with Gasteiger partial charge in [-0.1, -0.05) is 32.8 Å². The van der Waals surface area contributed by atoms with Crippen molar-refractivity contribution in [1.82, 2.24) is 0 Å². The van der Waals surface area contributed by atoms with Crippen LogP contribution in [-0.2, 0) is 0 Å². The maximum Gasteiger partial charge on any atom is 0.0353 e. The van der Waals surface area contributed by atoms with Gasteiger partial charge in [-0.05, 0) is 71.9 Å². The summed E-state index contributed by atoms with van der Waals surface area (Å²) in [7, 11) is 0. The smallest absolute Gasteiger partial charge is 0.0353 e. The Balaban J connectivity index is 1.98. The average molecular weight is 357 g/mol. The van der Waals surface area contributed by atoms with Crippen LogP contribution in [0.15, 0.2) is 18.2 Å². The van der Waals surface area contributed by atoms with Crippen LogP contribution in [0.3, 0.4) is 0 Å². The van der Waals surface area contributed by atoms with E-state index >= 15 is 0 Å². The normalized spacial score (nSPS) is 24.3. The molecule has 0 aliphatic heterocycles. The number of hydrogen-bond donors (Lipinski definition) is 1. The van der Waals surface area contributed by atoms with Gasteiger partial charge in [-0.2, -0.15) is 0 Å². The quantitative estimate of drug-likeness (QED) is 0.731. The minimum Gasteiger partial charge on any atom is -0.382 e. The van der Waals surface area contributed by atoms with Crippen LogP contribution < -0.4 is 5.32 Å². The molecule has 0 bridgehead atoms. The molecule has 1 nitrogen and oxygen atoms in total. The predicted molar refractivity (Wildman–Crippen MR) is 88.1 cm³/mol. The summed E-state index contributed by atoms with van der Waals surface area (Å²) in [5, 5.41) is 3.73. The van der Waals surface area contributed by atoms with E-state index in [9.17, 15) is 0 Å². The number of hydrogen-bond acceptors (Lipinski definition) is 1. The van der Waals surface area contributed by atoms with Crippen LogP contribution in [0.4, 0.5) is 5.69 Å². The van der Waals surface area contributed by atoms with E-state index in [1.54, 1.807) is 0 Å². The topological polar surface area (TPSA) is 12.0 Å². The van der Waals surface area contributed by atoms with Crippen molar-refractivity contribution in [2.75, 3.05) is 5.32 Å². The fraction of sp³-hybridized carbons (Fsp3) is 0.625. The summed E-state index contributed by atoms with van der Waals surface area (Å²) < 4.78 is 1.36. The third-order valence-corrected chi connectivity index (χ3v) is 5.36. The van der Waals surface area contributed by atoms with Crippen LogP contribution >= 0.6 is 22.6 Å². The maximum atomic E-state index is 3.73. The first kappa shape index (κ1) is 14.2. The molecule has 0 spiro atoms. The Labute approximate surface area is 125 Å².